The Kier molecular flexibility index (Phi) is 4.77. The van der Waals surface area contributed by atoms with Crippen molar-refractivity contribution in [3.8, 4) is 0 Å². The Balaban J connectivity index is 2.27. The molecule has 0 aromatic heterocycles. The number of nitrogens with zero attached hydrogens (tertiary/aromatic N) is 1. The zero-order valence-corrected chi connectivity index (χ0v) is 10.9. The number of amidine groups is 1. The van der Waals surface area contributed by atoms with E-state index in [0.717, 1.165) is 32.2 Å². The molecule has 1 rings (SSSR count). The second-order valence-corrected chi connectivity index (χ2v) is 5.62. The maximum atomic E-state index is 10.0. The first-order chi connectivity index (χ1) is 7.93. The van der Waals surface area contributed by atoms with E-state index >= 15 is 0 Å². The first-order valence-corrected chi connectivity index (χ1v) is 6.32. The van der Waals surface area contributed by atoms with Crippen LogP contribution in [-0.2, 0) is 0 Å². The molecule has 0 aromatic carbocycles. The fraction of sp³-hybridized carbons (Fsp3) is 0.917. The fourth-order valence-electron chi connectivity index (χ4n) is 2.24. The summed E-state index contributed by atoms with van der Waals surface area (Å²) < 4.78 is 0. The van der Waals surface area contributed by atoms with Crippen molar-refractivity contribution in [3.05, 3.63) is 0 Å². The summed E-state index contributed by atoms with van der Waals surface area (Å²) in [7, 11) is 0. The van der Waals surface area contributed by atoms with Crippen molar-refractivity contribution in [2.75, 3.05) is 13.1 Å². The van der Waals surface area contributed by atoms with Gasteiger partial charge in [0.1, 0.15) is 5.84 Å². The lowest BCUT2D eigenvalue weighted by Crippen LogP contribution is -2.40. The Labute approximate surface area is 103 Å². The van der Waals surface area contributed by atoms with Gasteiger partial charge in [-0.2, -0.15) is 0 Å². The number of nitrogens with two attached hydrogens (primary N) is 1. The largest absolute Gasteiger partial charge is 0.409 e. The van der Waals surface area contributed by atoms with Crippen molar-refractivity contribution in [2.24, 2.45) is 16.3 Å². The van der Waals surface area contributed by atoms with Gasteiger partial charge in [-0.15, -0.1) is 0 Å². The molecule has 100 valence electrons. The molecule has 0 heterocycles. The highest BCUT2D eigenvalue weighted by Crippen LogP contribution is 2.48. The molecule has 0 spiro atoms. The molecule has 1 aliphatic rings. The van der Waals surface area contributed by atoms with Gasteiger partial charge in [0.05, 0.1) is 5.60 Å². The topological polar surface area (TPSA) is 90.9 Å². The van der Waals surface area contributed by atoms with Crippen molar-refractivity contribution in [1.82, 2.24) is 5.32 Å². The molecular weight excluding hydrogens is 218 g/mol. The minimum absolute atomic E-state index is 0.151. The van der Waals surface area contributed by atoms with Crippen LogP contribution in [0, 0.1) is 5.41 Å². The highest BCUT2D eigenvalue weighted by atomic mass is 16.4. The van der Waals surface area contributed by atoms with E-state index in [0.29, 0.717) is 18.8 Å². The zero-order valence-electron chi connectivity index (χ0n) is 10.9. The van der Waals surface area contributed by atoms with Crippen molar-refractivity contribution in [1.29, 1.82) is 0 Å². The van der Waals surface area contributed by atoms with Gasteiger partial charge in [0.25, 0.3) is 0 Å². The quantitative estimate of drug-likeness (QED) is 0.222. The van der Waals surface area contributed by atoms with E-state index in [1.165, 1.54) is 0 Å². The Morgan fingerprint density at radius 1 is 1.53 bits per heavy atom. The average molecular weight is 243 g/mol. The third-order valence-corrected chi connectivity index (χ3v) is 3.44. The van der Waals surface area contributed by atoms with E-state index < -0.39 is 5.60 Å². The number of hydrogen-bond donors (Lipinski definition) is 4. The van der Waals surface area contributed by atoms with Gasteiger partial charge in [-0.05, 0) is 31.6 Å². The highest BCUT2D eigenvalue weighted by molar-refractivity contribution is 5.80. The lowest BCUT2D eigenvalue weighted by molar-refractivity contribution is 0.0490. The average Bonchev–Trinajstić information content (AvgIpc) is 2.97. The van der Waals surface area contributed by atoms with Crippen molar-refractivity contribution < 1.29 is 10.3 Å². The van der Waals surface area contributed by atoms with Crippen LogP contribution in [0.5, 0.6) is 0 Å². The van der Waals surface area contributed by atoms with Crippen LogP contribution in [-0.4, -0.2) is 34.8 Å². The summed E-state index contributed by atoms with van der Waals surface area (Å²) in [6, 6.07) is 0. The minimum Gasteiger partial charge on any atom is -0.409 e. The van der Waals surface area contributed by atoms with Crippen LogP contribution >= 0.6 is 0 Å². The van der Waals surface area contributed by atoms with E-state index in [1.54, 1.807) is 0 Å². The molecular formula is C12H25N3O2. The van der Waals surface area contributed by atoms with Gasteiger partial charge < -0.3 is 21.4 Å². The third kappa shape index (κ3) is 4.91. The van der Waals surface area contributed by atoms with Crippen LogP contribution in [0.1, 0.15) is 46.0 Å². The second-order valence-electron chi connectivity index (χ2n) is 5.62. The van der Waals surface area contributed by atoms with Gasteiger partial charge in [-0.3, -0.25) is 0 Å². The van der Waals surface area contributed by atoms with E-state index in [9.17, 15) is 5.11 Å². The predicted molar refractivity (Wildman–Crippen MR) is 68.1 cm³/mol. The van der Waals surface area contributed by atoms with Gasteiger partial charge in [0.2, 0.25) is 0 Å². The molecule has 0 aliphatic heterocycles. The fourth-order valence-corrected chi connectivity index (χ4v) is 2.24. The number of oxime groups is 1. The predicted octanol–water partition coefficient (Wildman–Crippen LogP) is 1.04. The zero-order chi connectivity index (χ0) is 12.9. The summed E-state index contributed by atoms with van der Waals surface area (Å²) in [5.74, 6) is 0.296. The van der Waals surface area contributed by atoms with Gasteiger partial charge >= 0.3 is 0 Å². The van der Waals surface area contributed by atoms with Crippen molar-refractivity contribution >= 4 is 5.84 Å². The maximum Gasteiger partial charge on any atom is 0.139 e. The smallest absolute Gasteiger partial charge is 0.139 e. The van der Waals surface area contributed by atoms with Crippen molar-refractivity contribution in [2.45, 2.75) is 51.6 Å². The van der Waals surface area contributed by atoms with E-state index in [4.69, 9.17) is 10.9 Å². The first-order valence-electron chi connectivity index (χ1n) is 6.32. The molecule has 5 N–H and O–H groups in total. The lowest BCUT2D eigenvalue weighted by atomic mass is 9.98. The maximum absolute atomic E-state index is 10.0. The third-order valence-electron chi connectivity index (χ3n) is 3.44. The molecule has 1 fully saturated rings. The molecule has 1 saturated carbocycles. The molecule has 5 heteroatoms. The van der Waals surface area contributed by atoms with Crippen LogP contribution in [0.25, 0.3) is 0 Å². The highest BCUT2D eigenvalue weighted by Gasteiger charge is 2.43. The van der Waals surface area contributed by atoms with Crippen molar-refractivity contribution in [3.63, 3.8) is 0 Å². The summed E-state index contributed by atoms with van der Waals surface area (Å²) in [6.07, 6.45) is 4.61. The molecule has 5 nitrogen and oxygen atoms in total. The van der Waals surface area contributed by atoms with Gasteiger partial charge in [-0.25, -0.2) is 0 Å². The molecule has 0 amide bonds. The normalized spacial score (nSPS) is 22.2. The van der Waals surface area contributed by atoms with Crippen LogP contribution in [0.4, 0.5) is 0 Å². The lowest BCUT2D eigenvalue weighted by Gasteiger charge is -2.25. The monoisotopic (exact) mass is 243 g/mol. The Morgan fingerprint density at radius 2 is 2.18 bits per heavy atom. The molecule has 1 unspecified atom stereocenters. The SMILES string of the molecule is CCCC(C)(O)CNCC1(CC(N)=NO)CC1. The van der Waals surface area contributed by atoms with Crippen LogP contribution < -0.4 is 11.1 Å². The first kappa shape index (κ1) is 14.3. The number of nitrogens with one attached hydrogen (secondary N) is 1. The summed E-state index contributed by atoms with van der Waals surface area (Å²) in [6.45, 7) is 5.34. The van der Waals surface area contributed by atoms with Crippen LogP contribution in [0.15, 0.2) is 5.16 Å². The molecule has 0 bridgehead atoms. The number of aliphatic hydroxyl groups is 1. The minimum atomic E-state index is -0.637. The molecule has 0 aromatic rings. The van der Waals surface area contributed by atoms with Crippen LogP contribution in [0.3, 0.4) is 0 Å². The van der Waals surface area contributed by atoms with E-state index in [-0.39, 0.29) is 5.41 Å². The van der Waals surface area contributed by atoms with E-state index in [2.05, 4.69) is 17.4 Å². The van der Waals surface area contributed by atoms with Gasteiger partial charge in [0.15, 0.2) is 0 Å². The van der Waals surface area contributed by atoms with Crippen LogP contribution in [0.2, 0.25) is 0 Å². The van der Waals surface area contributed by atoms with Gasteiger partial charge in [-0.1, -0.05) is 18.5 Å². The molecule has 1 aliphatic carbocycles. The summed E-state index contributed by atoms with van der Waals surface area (Å²) in [5, 5.41) is 24.9. The molecule has 0 radical (unpaired) electrons. The Morgan fingerprint density at radius 3 is 2.65 bits per heavy atom. The second kappa shape index (κ2) is 5.69. The standard InChI is InChI=1S/C12H25N3O2/c1-3-4-11(2,16)8-14-9-12(5-6-12)7-10(13)15-17/h14,16-17H,3-9H2,1-2H3,(H2,13,15). The molecule has 1 atom stereocenters. The van der Waals surface area contributed by atoms with Gasteiger partial charge in [0, 0.05) is 19.5 Å². The van der Waals surface area contributed by atoms with E-state index in [1.807, 2.05) is 6.92 Å². The summed E-state index contributed by atoms with van der Waals surface area (Å²) >= 11 is 0. The summed E-state index contributed by atoms with van der Waals surface area (Å²) in [5.41, 5.74) is 5.04. The molecule has 0 saturated heterocycles. The number of rotatable bonds is 8. The Bertz CT molecular complexity index is 273. The summed E-state index contributed by atoms with van der Waals surface area (Å²) in [4.78, 5) is 0. The number of hydrogen-bond acceptors (Lipinski definition) is 4. The Hall–Kier alpha value is -0.810. The molecule has 17 heavy (non-hydrogen) atoms.